The van der Waals surface area contributed by atoms with E-state index in [4.69, 9.17) is 0 Å². The smallest absolute Gasteiger partial charge is 0.320 e. The number of hydrogen-bond donors (Lipinski definition) is 2. The van der Waals surface area contributed by atoms with E-state index in [9.17, 15) is 4.79 Å². The number of nitrogens with one attached hydrogen (secondary N) is 2. The lowest BCUT2D eigenvalue weighted by Crippen LogP contribution is -2.36. The number of nitrogens with zero attached hydrogens (tertiary/aromatic N) is 5. The van der Waals surface area contributed by atoms with E-state index in [1.165, 1.54) is 5.56 Å². The summed E-state index contributed by atoms with van der Waals surface area (Å²) in [6, 6.07) is 13.6. The zero-order valence-electron chi connectivity index (χ0n) is 17.6. The lowest BCUT2D eigenvalue weighted by Gasteiger charge is -2.14. The standard InChI is InChI=1S/C23H25N7O/c1-16(7-6-10-17-8-4-3-5-9-17)26-23(31)29-21-12-11-19-22(28-21)27-20(14-24-19)18-13-25-30(2)15-18/h3-5,8-9,11-16H,6-7,10H2,1-2H3,(H2,26,27,28,29,31). The molecular weight excluding hydrogens is 390 g/mol. The molecule has 0 aliphatic rings. The summed E-state index contributed by atoms with van der Waals surface area (Å²) in [6.07, 6.45) is 8.19. The average molecular weight is 416 g/mol. The van der Waals surface area contributed by atoms with Crippen LogP contribution in [0.25, 0.3) is 22.4 Å². The SMILES string of the molecule is CC(CCCc1ccccc1)NC(=O)Nc1ccc2ncc(-c3cnn(C)c3)nc2n1. The molecule has 4 aromatic rings. The quantitative estimate of drug-likeness (QED) is 0.476. The first-order valence-corrected chi connectivity index (χ1v) is 10.3. The molecule has 1 atom stereocenters. The predicted octanol–water partition coefficient (Wildman–Crippen LogP) is 3.96. The number of fused-ring (bicyclic) bond motifs is 1. The summed E-state index contributed by atoms with van der Waals surface area (Å²) in [6.45, 7) is 2.00. The molecule has 158 valence electrons. The summed E-state index contributed by atoms with van der Waals surface area (Å²) in [5, 5.41) is 9.92. The number of carbonyl (C=O) groups excluding carboxylic acids is 1. The Kier molecular flexibility index (Phi) is 6.16. The number of anilines is 1. The van der Waals surface area contributed by atoms with Crippen molar-refractivity contribution in [3.05, 3.63) is 66.6 Å². The van der Waals surface area contributed by atoms with Crippen molar-refractivity contribution in [2.45, 2.75) is 32.2 Å². The van der Waals surface area contributed by atoms with Gasteiger partial charge in [-0.2, -0.15) is 5.10 Å². The minimum absolute atomic E-state index is 0.0566. The molecule has 8 nitrogen and oxygen atoms in total. The molecule has 0 bridgehead atoms. The fourth-order valence-corrected chi connectivity index (χ4v) is 3.37. The molecule has 3 heterocycles. The van der Waals surface area contributed by atoms with Gasteiger partial charge in [0.15, 0.2) is 5.65 Å². The number of benzene rings is 1. The highest BCUT2D eigenvalue weighted by molar-refractivity contribution is 5.89. The molecular formula is C23H25N7O. The normalized spacial score (nSPS) is 11.9. The minimum Gasteiger partial charge on any atom is -0.335 e. The molecule has 0 radical (unpaired) electrons. The Morgan fingerprint density at radius 1 is 1.10 bits per heavy atom. The van der Waals surface area contributed by atoms with Gasteiger partial charge >= 0.3 is 6.03 Å². The number of carbonyl (C=O) groups is 1. The summed E-state index contributed by atoms with van der Waals surface area (Å²) < 4.78 is 1.71. The van der Waals surface area contributed by atoms with Gasteiger partial charge in [0, 0.05) is 24.8 Å². The van der Waals surface area contributed by atoms with E-state index in [1.807, 2.05) is 38.4 Å². The maximum Gasteiger partial charge on any atom is 0.320 e. The van der Waals surface area contributed by atoms with Crippen LogP contribution in [-0.4, -0.2) is 36.8 Å². The summed E-state index contributed by atoms with van der Waals surface area (Å²) in [5.74, 6) is 0.430. The number of aromatic nitrogens is 5. The van der Waals surface area contributed by atoms with Crippen LogP contribution in [0.5, 0.6) is 0 Å². The molecule has 1 aromatic carbocycles. The monoisotopic (exact) mass is 415 g/mol. The largest absolute Gasteiger partial charge is 0.335 e. The Morgan fingerprint density at radius 2 is 1.94 bits per heavy atom. The van der Waals surface area contributed by atoms with Gasteiger partial charge in [-0.25, -0.2) is 14.8 Å². The highest BCUT2D eigenvalue weighted by Gasteiger charge is 2.10. The van der Waals surface area contributed by atoms with E-state index in [-0.39, 0.29) is 12.1 Å². The molecule has 0 aliphatic heterocycles. The van der Waals surface area contributed by atoms with Gasteiger partial charge in [-0.15, -0.1) is 0 Å². The van der Waals surface area contributed by atoms with Gasteiger partial charge in [0.1, 0.15) is 11.3 Å². The molecule has 3 aromatic heterocycles. The van der Waals surface area contributed by atoms with Crippen LogP contribution in [-0.2, 0) is 13.5 Å². The van der Waals surface area contributed by atoms with Crippen molar-refractivity contribution >= 4 is 23.0 Å². The summed E-state index contributed by atoms with van der Waals surface area (Å²) in [4.78, 5) is 25.8. The Hall–Kier alpha value is -3.81. The molecule has 0 saturated carbocycles. The molecule has 31 heavy (non-hydrogen) atoms. The lowest BCUT2D eigenvalue weighted by molar-refractivity contribution is 0.248. The van der Waals surface area contributed by atoms with Crippen molar-refractivity contribution in [3.8, 4) is 11.3 Å². The highest BCUT2D eigenvalue weighted by atomic mass is 16.2. The van der Waals surface area contributed by atoms with Crippen LogP contribution in [0.1, 0.15) is 25.3 Å². The summed E-state index contributed by atoms with van der Waals surface area (Å²) in [5.41, 5.74) is 3.98. The zero-order chi connectivity index (χ0) is 21.6. The van der Waals surface area contributed by atoms with E-state index in [2.05, 4.69) is 42.8 Å². The summed E-state index contributed by atoms with van der Waals surface area (Å²) in [7, 11) is 1.85. The predicted molar refractivity (Wildman–Crippen MR) is 121 cm³/mol. The molecule has 0 aliphatic carbocycles. The Morgan fingerprint density at radius 3 is 2.71 bits per heavy atom. The molecule has 0 spiro atoms. The molecule has 2 amide bonds. The van der Waals surface area contributed by atoms with Crippen LogP contribution in [0.2, 0.25) is 0 Å². The molecule has 8 heteroatoms. The second-order valence-corrected chi connectivity index (χ2v) is 7.57. The average Bonchev–Trinajstić information content (AvgIpc) is 3.20. The highest BCUT2D eigenvalue weighted by Crippen LogP contribution is 2.18. The number of hydrogen-bond acceptors (Lipinski definition) is 5. The number of urea groups is 1. The van der Waals surface area contributed by atoms with Crippen LogP contribution in [0.3, 0.4) is 0 Å². The second-order valence-electron chi connectivity index (χ2n) is 7.57. The van der Waals surface area contributed by atoms with Crippen molar-refractivity contribution in [1.29, 1.82) is 0 Å². The van der Waals surface area contributed by atoms with E-state index < -0.39 is 0 Å². The molecule has 2 N–H and O–H groups in total. The number of pyridine rings is 1. The van der Waals surface area contributed by atoms with Gasteiger partial charge < -0.3 is 5.32 Å². The first kappa shape index (κ1) is 20.5. The summed E-state index contributed by atoms with van der Waals surface area (Å²) >= 11 is 0. The van der Waals surface area contributed by atoms with Crippen LogP contribution in [0.4, 0.5) is 10.6 Å². The lowest BCUT2D eigenvalue weighted by atomic mass is 10.1. The van der Waals surface area contributed by atoms with Gasteiger partial charge in [-0.05, 0) is 43.9 Å². The fraction of sp³-hybridized carbons (Fsp3) is 0.261. The third kappa shape index (κ3) is 5.42. The van der Waals surface area contributed by atoms with Crippen molar-refractivity contribution in [2.24, 2.45) is 7.05 Å². The van der Waals surface area contributed by atoms with Gasteiger partial charge in [0.05, 0.1) is 18.1 Å². The van der Waals surface area contributed by atoms with Gasteiger partial charge in [0.25, 0.3) is 0 Å². The van der Waals surface area contributed by atoms with Crippen molar-refractivity contribution < 1.29 is 4.79 Å². The fourth-order valence-electron chi connectivity index (χ4n) is 3.37. The van der Waals surface area contributed by atoms with Crippen LogP contribution < -0.4 is 10.6 Å². The maximum absolute atomic E-state index is 12.4. The number of aryl methyl sites for hydroxylation is 2. The minimum atomic E-state index is -0.282. The Balaban J connectivity index is 1.34. The van der Waals surface area contributed by atoms with E-state index >= 15 is 0 Å². The van der Waals surface area contributed by atoms with E-state index in [0.29, 0.717) is 22.7 Å². The molecule has 0 saturated heterocycles. The Labute approximate surface area is 180 Å². The van der Waals surface area contributed by atoms with Crippen molar-refractivity contribution in [2.75, 3.05) is 5.32 Å². The first-order chi connectivity index (χ1) is 15.1. The van der Waals surface area contributed by atoms with Crippen LogP contribution in [0.15, 0.2) is 61.1 Å². The number of amides is 2. The van der Waals surface area contributed by atoms with Crippen LogP contribution in [0, 0.1) is 0 Å². The van der Waals surface area contributed by atoms with E-state index in [1.54, 1.807) is 29.2 Å². The van der Waals surface area contributed by atoms with Crippen LogP contribution >= 0.6 is 0 Å². The third-order valence-corrected chi connectivity index (χ3v) is 4.97. The van der Waals surface area contributed by atoms with Gasteiger partial charge in [0.2, 0.25) is 0 Å². The third-order valence-electron chi connectivity index (χ3n) is 4.97. The molecule has 1 unspecified atom stereocenters. The molecule has 4 rings (SSSR count). The number of rotatable bonds is 7. The van der Waals surface area contributed by atoms with Crippen molar-refractivity contribution in [1.82, 2.24) is 30.0 Å². The van der Waals surface area contributed by atoms with Gasteiger partial charge in [-0.1, -0.05) is 30.3 Å². The van der Waals surface area contributed by atoms with E-state index in [0.717, 1.165) is 24.8 Å². The Bertz CT molecular complexity index is 1170. The maximum atomic E-state index is 12.4. The topological polar surface area (TPSA) is 97.6 Å². The van der Waals surface area contributed by atoms with Gasteiger partial charge in [-0.3, -0.25) is 15.0 Å². The van der Waals surface area contributed by atoms with Crippen molar-refractivity contribution in [3.63, 3.8) is 0 Å². The second kappa shape index (κ2) is 9.34. The first-order valence-electron chi connectivity index (χ1n) is 10.3. The zero-order valence-corrected chi connectivity index (χ0v) is 17.6. The molecule has 0 fully saturated rings.